The van der Waals surface area contributed by atoms with Crippen LogP contribution in [-0.4, -0.2) is 23.0 Å². The highest BCUT2D eigenvalue weighted by Crippen LogP contribution is 2.25. The van der Waals surface area contributed by atoms with Crippen LogP contribution in [-0.2, 0) is 0 Å². The lowest BCUT2D eigenvalue weighted by Crippen LogP contribution is -1.98. The van der Waals surface area contributed by atoms with Crippen molar-refractivity contribution in [2.75, 3.05) is 7.11 Å². The van der Waals surface area contributed by atoms with Crippen LogP contribution in [0.25, 0.3) is 0 Å². The van der Waals surface area contributed by atoms with Gasteiger partial charge in [0, 0.05) is 0 Å². The Balaban J connectivity index is 3.29. The molecule has 12 heavy (non-hydrogen) atoms. The third-order valence-electron chi connectivity index (χ3n) is 1.46. The normalized spacial score (nSPS) is 9.50. The lowest BCUT2D eigenvalue weighted by atomic mass is 10.1. The average molecular weight is 167 g/mol. The molecule has 0 atom stereocenters. The van der Waals surface area contributed by atoms with Gasteiger partial charge in [0.1, 0.15) is 11.3 Å². The summed E-state index contributed by atoms with van der Waals surface area (Å²) in [5.41, 5.74) is 0.174. The Labute approximate surface area is 69.8 Å². The van der Waals surface area contributed by atoms with Crippen LogP contribution in [0.4, 0.5) is 0 Å². The van der Waals surface area contributed by atoms with Gasteiger partial charge in [0.2, 0.25) is 0 Å². The molecule has 1 heterocycles. The maximum Gasteiger partial charge on any atom is 0.167 e. The standard InChI is InChI=1S/C8H9NO3/c1-5(10)8-6(11)3-9-4-7(8)12-2/h3-4,11H,1-2H3. The van der Waals surface area contributed by atoms with Crippen molar-refractivity contribution >= 4 is 5.78 Å². The summed E-state index contributed by atoms with van der Waals surface area (Å²) in [5.74, 6) is -0.101. The Morgan fingerprint density at radius 3 is 2.67 bits per heavy atom. The molecule has 1 N–H and O–H groups in total. The number of hydrogen-bond donors (Lipinski definition) is 1. The monoisotopic (exact) mass is 167 g/mol. The van der Waals surface area contributed by atoms with Crippen molar-refractivity contribution in [3.8, 4) is 11.5 Å². The van der Waals surface area contributed by atoms with E-state index in [1.807, 2.05) is 0 Å². The molecule has 0 aliphatic heterocycles. The molecule has 1 aromatic rings. The molecule has 0 aliphatic carbocycles. The largest absolute Gasteiger partial charge is 0.505 e. The number of rotatable bonds is 2. The molecule has 0 aromatic carbocycles. The van der Waals surface area contributed by atoms with E-state index in [0.29, 0.717) is 5.75 Å². The van der Waals surface area contributed by atoms with Gasteiger partial charge >= 0.3 is 0 Å². The number of carbonyl (C=O) groups excluding carboxylic acids is 1. The summed E-state index contributed by atoms with van der Waals surface area (Å²) in [6.45, 7) is 1.36. The molecule has 1 rings (SSSR count). The zero-order valence-corrected chi connectivity index (χ0v) is 6.87. The highest BCUT2D eigenvalue weighted by molar-refractivity contribution is 5.99. The first-order valence-electron chi connectivity index (χ1n) is 3.38. The minimum absolute atomic E-state index is 0.151. The Morgan fingerprint density at radius 1 is 1.58 bits per heavy atom. The van der Waals surface area contributed by atoms with E-state index >= 15 is 0 Å². The van der Waals surface area contributed by atoms with Gasteiger partial charge in [-0.3, -0.25) is 9.78 Å². The summed E-state index contributed by atoms with van der Waals surface area (Å²) in [4.78, 5) is 14.6. The first-order chi connectivity index (χ1) is 5.66. The minimum Gasteiger partial charge on any atom is -0.505 e. The van der Waals surface area contributed by atoms with Crippen molar-refractivity contribution in [3.63, 3.8) is 0 Å². The Morgan fingerprint density at radius 2 is 2.25 bits per heavy atom. The van der Waals surface area contributed by atoms with Gasteiger partial charge in [-0.05, 0) is 6.92 Å². The molecule has 0 fully saturated rings. The highest BCUT2D eigenvalue weighted by Gasteiger charge is 2.12. The van der Waals surface area contributed by atoms with Gasteiger partial charge in [-0.25, -0.2) is 0 Å². The van der Waals surface area contributed by atoms with Crippen molar-refractivity contribution in [2.24, 2.45) is 0 Å². The highest BCUT2D eigenvalue weighted by atomic mass is 16.5. The number of hydrogen-bond acceptors (Lipinski definition) is 4. The maximum atomic E-state index is 11.0. The smallest absolute Gasteiger partial charge is 0.167 e. The molecule has 0 radical (unpaired) electrons. The predicted octanol–water partition coefficient (Wildman–Crippen LogP) is 0.998. The van der Waals surface area contributed by atoms with Crippen LogP contribution < -0.4 is 4.74 Å². The summed E-state index contributed by atoms with van der Waals surface area (Å²) in [7, 11) is 1.42. The second kappa shape index (κ2) is 3.21. The van der Waals surface area contributed by atoms with E-state index < -0.39 is 0 Å². The van der Waals surface area contributed by atoms with E-state index in [4.69, 9.17) is 4.74 Å². The molecule has 64 valence electrons. The van der Waals surface area contributed by atoms with Gasteiger partial charge < -0.3 is 9.84 Å². The van der Waals surface area contributed by atoms with Crippen LogP contribution in [0.3, 0.4) is 0 Å². The number of aromatic nitrogens is 1. The summed E-state index contributed by atoms with van der Waals surface area (Å²) in [6.07, 6.45) is 2.59. The van der Waals surface area contributed by atoms with E-state index in [2.05, 4.69) is 4.98 Å². The van der Waals surface area contributed by atoms with Crippen LogP contribution in [0.1, 0.15) is 17.3 Å². The van der Waals surface area contributed by atoms with Gasteiger partial charge in [0.15, 0.2) is 11.5 Å². The third-order valence-corrected chi connectivity index (χ3v) is 1.46. The lowest BCUT2D eigenvalue weighted by molar-refractivity contribution is 0.101. The van der Waals surface area contributed by atoms with Gasteiger partial charge in [0.25, 0.3) is 0 Å². The van der Waals surface area contributed by atoms with Crippen LogP contribution in [0.5, 0.6) is 11.5 Å². The van der Waals surface area contributed by atoms with E-state index in [0.717, 1.165) is 0 Å². The Kier molecular flexibility index (Phi) is 2.28. The number of pyridine rings is 1. The molecular formula is C8H9NO3. The van der Waals surface area contributed by atoms with E-state index in [1.165, 1.54) is 26.4 Å². The quantitative estimate of drug-likeness (QED) is 0.667. The second-order valence-corrected chi connectivity index (χ2v) is 2.29. The molecule has 0 spiro atoms. The molecule has 0 bridgehead atoms. The van der Waals surface area contributed by atoms with Gasteiger partial charge in [-0.1, -0.05) is 0 Å². The number of ketones is 1. The third kappa shape index (κ3) is 1.37. The van der Waals surface area contributed by atoms with Crippen molar-refractivity contribution in [2.45, 2.75) is 6.92 Å². The fourth-order valence-electron chi connectivity index (χ4n) is 0.940. The minimum atomic E-state index is -0.244. The fraction of sp³-hybridized carbons (Fsp3) is 0.250. The molecule has 4 nitrogen and oxygen atoms in total. The fourth-order valence-corrected chi connectivity index (χ4v) is 0.940. The topological polar surface area (TPSA) is 59.4 Å². The molecular weight excluding hydrogens is 158 g/mol. The van der Waals surface area contributed by atoms with Crippen molar-refractivity contribution in [1.29, 1.82) is 0 Å². The molecule has 0 amide bonds. The average Bonchev–Trinajstić information content (AvgIpc) is 2.03. The second-order valence-electron chi connectivity index (χ2n) is 2.29. The van der Waals surface area contributed by atoms with Gasteiger partial charge in [-0.2, -0.15) is 0 Å². The Hall–Kier alpha value is -1.58. The number of Topliss-reactive ketones (excluding diaryl/α,β-unsaturated/α-hetero) is 1. The molecule has 0 saturated heterocycles. The van der Waals surface area contributed by atoms with E-state index in [-0.39, 0.29) is 17.1 Å². The zero-order valence-electron chi connectivity index (χ0n) is 6.87. The van der Waals surface area contributed by atoms with Crippen molar-refractivity contribution in [3.05, 3.63) is 18.0 Å². The van der Waals surface area contributed by atoms with Crippen LogP contribution in [0, 0.1) is 0 Å². The summed E-state index contributed by atoms with van der Waals surface area (Å²) < 4.78 is 4.84. The molecule has 4 heteroatoms. The number of methoxy groups -OCH3 is 1. The van der Waals surface area contributed by atoms with E-state index in [9.17, 15) is 9.90 Å². The molecule has 0 saturated carbocycles. The number of aromatic hydroxyl groups is 1. The summed E-state index contributed by atoms with van der Waals surface area (Å²) in [5, 5.41) is 9.23. The maximum absolute atomic E-state index is 11.0. The van der Waals surface area contributed by atoms with Crippen molar-refractivity contribution < 1.29 is 14.6 Å². The molecule has 1 aromatic heterocycles. The molecule has 0 unspecified atom stereocenters. The number of carbonyl (C=O) groups is 1. The van der Waals surface area contributed by atoms with Crippen LogP contribution in [0.2, 0.25) is 0 Å². The summed E-state index contributed by atoms with van der Waals surface area (Å²) in [6, 6.07) is 0. The zero-order chi connectivity index (χ0) is 9.14. The first-order valence-corrected chi connectivity index (χ1v) is 3.38. The van der Waals surface area contributed by atoms with Gasteiger partial charge in [0.05, 0.1) is 19.5 Å². The summed E-state index contributed by atoms with van der Waals surface area (Å²) >= 11 is 0. The van der Waals surface area contributed by atoms with E-state index in [1.54, 1.807) is 0 Å². The lowest BCUT2D eigenvalue weighted by Gasteiger charge is -2.05. The number of ether oxygens (including phenoxy) is 1. The molecule has 0 aliphatic rings. The van der Waals surface area contributed by atoms with Crippen LogP contribution >= 0.6 is 0 Å². The first kappa shape index (κ1) is 8.52. The predicted molar refractivity (Wildman–Crippen MR) is 42.5 cm³/mol. The van der Waals surface area contributed by atoms with Gasteiger partial charge in [-0.15, -0.1) is 0 Å². The van der Waals surface area contributed by atoms with Crippen molar-refractivity contribution in [1.82, 2.24) is 4.98 Å². The van der Waals surface area contributed by atoms with Crippen LogP contribution in [0.15, 0.2) is 12.4 Å². The SMILES string of the molecule is COc1cncc(O)c1C(C)=O. The Bertz CT molecular complexity index is 309. The number of nitrogens with zero attached hydrogens (tertiary/aromatic N) is 1.